The summed E-state index contributed by atoms with van der Waals surface area (Å²) in [6, 6.07) is 19.3. The van der Waals surface area contributed by atoms with Crippen LogP contribution in [0.15, 0.2) is 65.8 Å². The Morgan fingerprint density at radius 3 is 2.19 bits per heavy atom. The molecule has 0 aliphatic carbocycles. The fourth-order valence-electron chi connectivity index (χ4n) is 3.65. The molecular weight excluding hydrogens is 435 g/mol. The Hall–Kier alpha value is -2.89. The highest BCUT2D eigenvalue weighted by Gasteiger charge is 2.31. The zero-order valence-corrected chi connectivity index (χ0v) is 18.9. The predicted octanol–water partition coefficient (Wildman–Crippen LogP) is 6.37. The molecule has 160 valence electrons. The van der Waals surface area contributed by atoms with Gasteiger partial charge in [-0.1, -0.05) is 29.3 Å². The topological polar surface area (TPSA) is 43.3 Å². The maximum absolute atomic E-state index is 6.30. The van der Waals surface area contributed by atoms with Gasteiger partial charge in [-0.3, -0.25) is 5.01 Å². The Labute approximate surface area is 191 Å². The second kappa shape index (κ2) is 9.08. The van der Waals surface area contributed by atoms with Gasteiger partial charge in [0.25, 0.3) is 0 Å². The van der Waals surface area contributed by atoms with Gasteiger partial charge < -0.3 is 14.2 Å². The Bertz CT molecular complexity index is 1120. The molecule has 0 N–H and O–H groups in total. The fourth-order valence-corrected chi connectivity index (χ4v) is 3.95. The van der Waals surface area contributed by atoms with Gasteiger partial charge in [-0.25, -0.2) is 0 Å². The number of hydrogen-bond donors (Lipinski definition) is 0. The number of methoxy groups -OCH3 is 3. The summed E-state index contributed by atoms with van der Waals surface area (Å²) in [6.45, 7) is 0. The van der Waals surface area contributed by atoms with Crippen molar-refractivity contribution in [2.24, 2.45) is 5.10 Å². The van der Waals surface area contributed by atoms with Gasteiger partial charge in [-0.2, -0.15) is 5.10 Å². The minimum absolute atomic E-state index is 0.0471. The molecule has 3 aromatic carbocycles. The summed E-state index contributed by atoms with van der Waals surface area (Å²) >= 11 is 12.4. The lowest BCUT2D eigenvalue weighted by atomic mass is 9.97. The Morgan fingerprint density at radius 1 is 0.806 bits per heavy atom. The molecule has 0 radical (unpaired) electrons. The lowest BCUT2D eigenvalue weighted by Crippen LogP contribution is -2.18. The molecule has 1 aliphatic heterocycles. The van der Waals surface area contributed by atoms with Gasteiger partial charge in [0.1, 0.15) is 5.75 Å². The highest BCUT2D eigenvalue weighted by atomic mass is 35.5. The smallest absolute Gasteiger partial charge is 0.161 e. The van der Waals surface area contributed by atoms with Crippen molar-refractivity contribution >= 4 is 34.6 Å². The average molecular weight is 457 g/mol. The molecule has 0 spiro atoms. The molecule has 1 heterocycles. The summed E-state index contributed by atoms with van der Waals surface area (Å²) in [6.07, 6.45) is 0.710. The molecule has 31 heavy (non-hydrogen) atoms. The molecule has 0 unspecified atom stereocenters. The van der Waals surface area contributed by atoms with Gasteiger partial charge in [0.05, 0.1) is 48.8 Å². The first kappa shape index (κ1) is 21.3. The van der Waals surface area contributed by atoms with E-state index in [1.54, 1.807) is 27.4 Å². The molecule has 4 rings (SSSR count). The van der Waals surface area contributed by atoms with Crippen LogP contribution in [0.5, 0.6) is 17.2 Å². The van der Waals surface area contributed by atoms with Crippen molar-refractivity contribution in [1.82, 2.24) is 0 Å². The van der Waals surface area contributed by atoms with Crippen LogP contribution >= 0.6 is 23.2 Å². The summed E-state index contributed by atoms with van der Waals surface area (Å²) in [5.74, 6) is 2.16. The number of benzene rings is 3. The minimum Gasteiger partial charge on any atom is -0.497 e. The molecule has 0 amide bonds. The first-order valence-electron chi connectivity index (χ1n) is 9.72. The van der Waals surface area contributed by atoms with E-state index in [1.165, 1.54) is 0 Å². The number of anilines is 1. The van der Waals surface area contributed by atoms with Crippen molar-refractivity contribution < 1.29 is 14.2 Å². The Balaban J connectivity index is 1.76. The molecule has 1 atom stereocenters. The third kappa shape index (κ3) is 4.29. The van der Waals surface area contributed by atoms with Gasteiger partial charge >= 0.3 is 0 Å². The molecule has 1 aliphatic rings. The van der Waals surface area contributed by atoms with Crippen molar-refractivity contribution in [3.05, 3.63) is 81.8 Å². The van der Waals surface area contributed by atoms with E-state index in [1.807, 2.05) is 59.6 Å². The molecule has 3 aromatic rings. The third-order valence-corrected chi connectivity index (χ3v) is 6.03. The summed E-state index contributed by atoms with van der Waals surface area (Å²) in [5, 5.41) is 7.91. The monoisotopic (exact) mass is 456 g/mol. The average Bonchev–Trinajstić information content (AvgIpc) is 3.26. The second-order valence-corrected chi connectivity index (χ2v) is 7.87. The zero-order chi connectivity index (χ0) is 22.0. The molecule has 0 aromatic heterocycles. The van der Waals surface area contributed by atoms with Gasteiger partial charge in [0, 0.05) is 6.42 Å². The molecule has 0 fully saturated rings. The first-order chi connectivity index (χ1) is 15.0. The van der Waals surface area contributed by atoms with E-state index in [0.717, 1.165) is 28.3 Å². The van der Waals surface area contributed by atoms with E-state index in [9.17, 15) is 0 Å². The first-order valence-corrected chi connectivity index (χ1v) is 10.5. The van der Waals surface area contributed by atoms with E-state index in [2.05, 4.69) is 0 Å². The van der Waals surface area contributed by atoms with Crippen LogP contribution in [0.4, 0.5) is 5.69 Å². The van der Waals surface area contributed by atoms with Crippen LogP contribution in [-0.2, 0) is 0 Å². The van der Waals surface area contributed by atoms with Crippen molar-refractivity contribution in [3.63, 3.8) is 0 Å². The van der Waals surface area contributed by atoms with E-state index in [0.29, 0.717) is 28.0 Å². The zero-order valence-electron chi connectivity index (χ0n) is 17.4. The van der Waals surface area contributed by atoms with Gasteiger partial charge in [0.15, 0.2) is 11.5 Å². The van der Waals surface area contributed by atoms with E-state index < -0.39 is 0 Å². The van der Waals surface area contributed by atoms with Crippen LogP contribution in [0.3, 0.4) is 0 Å². The highest BCUT2D eigenvalue weighted by Crippen LogP contribution is 2.41. The largest absolute Gasteiger partial charge is 0.497 e. The van der Waals surface area contributed by atoms with Crippen LogP contribution in [0.25, 0.3) is 0 Å². The number of halogens is 2. The molecule has 0 bridgehead atoms. The quantitative estimate of drug-likeness (QED) is 0.431. The van der Waals surface area contributed by atoms with Gasteiger partial charge in [-0.15, -0.1) is 0 Å². The highest BCUT2D eigenvalue weighted by molar-refractivity contribution is 6.42. The summed E-state index contributed by atoms with van der Waals surface area (Å²) in [4.78, 5) is 0. The molecule has 0 saturated heterocycles. The van der Waals surface area contributed by atoms with Crippen molar-refractivity contribution in [2.75, 3.05) is 26.3 Å². The lowest BCUT2D eigenvalue weighted by molar-refractivity contribution is 0.354. The maximum Gasteiger partial charge on any atom is 0.161 e. The van der Waals surface area contributed by atoms with Crippen LogP contribution in [0.1, 0.15) is 23.6 Å². The van der Waals surface area contributed by atoms with Crippen LogP contribution in [0, 0.1) is 0 Å². The summed E-state index contributed by atoms with van der Waals surface area (Å²) in [5.41, 5.74) is 3.91. The van der Waals surface area contributed by atoms with E-state index in [-0.39, 0.29) is 6.04 Å². The van der Waals surface area contributed by atoms with Gasteiger partial charge in [0.2, 0.25) is 0 Å². The van der Waals surface area contributed by atoms with Crippen molar-refractivity contribution in [1.29, 1.82) is 0 Å². The number of ether oxygens (including phenoxy) is 3. The Kier molecular flexibility index (Phi) is 6.25. The van der Waals surface area contributed by atoms with Gasteiger partial charge in [-0.05, 0) is 65.7 Å². The normalized spacial score (nSPS) is 15.6. The number of rotatable bonds is 6. The number of hydrazone groups is 1. The lowest BCUT2D eigenvalue weighted by Gasteiger charge is -2.25. The molecular formula is C24H22Cl2N2O3. The molecule has 5 nitrogen and oxygen atoms in total. The number of nitrogens with zero attached hydrogens (tertiary/aromatic N) is 2. The Morgan fingerprint density at radius 2 is 1.55 bits per heavy atom. The van der Waals surface area contributed by atoms with Crippen molar-refractivity contribution in [2.45, 2.75) is 12.5 Å². The summed E-state index contributed by atoms with van der Waals surface area (Å²) in [7, 11) is 4.91. The molecule has 7 heteroatoms. The number of hydrogen-bond acceptors (Lipinski definition) is 5. The standard InChI is InChI=1S/C24H22Cl2N2O3/c1-29-18-8-4-15(5-9-18)21-14-22(16-6-11-23(30-2)24(12-16)31-3)28(27-21)17-7-10-19(25)20(26)13-17/h4-13,22H,14H2,1-3H3/t22-/m0/s1. The van der Waals surface area contributed by atoms with Crippen molar-refractivity contribution in [3.8, 4) is 17.2 Å². The van der Waals surface area contributed by atoms with Crippen LogP contribution in [-0.4, -0.2) is 27.0 Å². The fraction of sp³-hybridized carbons (Fsp3) is 0.208. The second-order valence-electron chi connectivity index (χ2n) is 7.05. The SMILES string of the molecule is COc1ccc(C2=NN(c3ccc(Cl)c(Cl)c3)[C@H](c3ccc(OC)c(OC)c3)C2)cc1. The maximum atomic E-state index is 6.30. The molecule has 0 saturated carbocycles. The minimum atomic E-state index is -0.0471. The van der Waals surface area contributed by atoms with E-state index >= 15 is 0 Å². The third-order valence-electron chi connectivity index (χ3n) is 5.29. The predicted molar refractivity (Wildman–Crippen MR) is 125 cm³/mol. The van der Waals surface area contributed by atoms with Crippen LogP contribution < -0.4 is 19.2 Å². The summed E-state index contributed by atoms with van der Waals surface area (Å²) < 4.78 is 16.2. The van der Waals surface area contributed by atoms with E-state index in [4.69, 9.17) is 42.5 Å². The van der Waals surface area contributed by atoms with Crippen LogP contribution in [0.2, 0.25) is 10.0 Å².